The summed E-state index contributed by atoms with van der Waals surface area (Å²) in [7, 11) is 0. The van der Waals surface area contributed by atoms with Gasteiger partial charge in [-0.3, -0.25) is 14.4 Å². The molecule has 1 aromatic carbocycles. The lowest BCUT2D eigenvalue weighted by Crippen LogP contribution is -2.38. The fourth-order valence-electron chi connectivity index (χ4n) is 3.84. The zero-order valence-electron chi connectivity index (χ0n) is 11.1. The largest absolute Gasteiger partial charge is 0.508 e. The molecule has 3 unspecified atom stereocenters. The molecular formula is C16H13NO4. The minimum atomic E-state index is -0.598. The van der Waals surface area contributed by atoms with Crippen LogP contribution in [0.25, 0.3) is 0 Å². The van der Waals surface area contributed by atoms with Gasteiger partial charge in [-0.05, 0) is 42.5 Å². The van der Waals surface area contributed by atoms with Crippen molar-refractivity contribution in [3.63, 3.8) is 0 Å². The fourth-order valence-corrected chi connectivity index (χ4v) is 3.84. The van der Waals surface area contributed by atoms with E-state index >= 15 is 0 Å². The van der Waals surface area contributed by atoms with E-state index in [-0.39, 0.29) is 46.8 Å². The van der Waals surface area contributed by atoms with Crippen molar-refractivity contribution in [1.29, 1.82) is 0 Å². The maximum atomic E-state index is 12.5. The van der Waals surface area contributed by atoms with Gasteiger partial charge in [0.2, 0.25) is 11.8 Å². The molecule has 1 saturated heterocycles. The molecule has 1 aromatic rings. The van der Waals surface area contributed by atoms with Crippen molar-refractivity contribution in [3.05, 3.63) is 42.0 Å². The van der Waals surface area contributed by atoms with Crippen molar-refractivity contribution in [2.75, 3.05) is 0 Å². The summed E-state index contributed by atoms with van der Waals surface area (Å²) < 4.78 is 0. The van der Waals surface area contributed by atoms with E-state index in [4.69, 9.17) is 0 Å². The summed E-state index contributed by atoms with van der Waals surface area (Å²) in [5.74, 6) is -1.87. The van der Waals surface area contributed by atoms with Crippen LogP contribution in [0.5, 0.6) is 5.75 Å². The standard InChI is InChI=1S/C16H13NO4/c18-11-5-3-8(4-6-11)14(19)17-15(20)12-9-1-2-10(7-9)13(12)16(17)21/h1-6,9-10,12-13,18H,7H2/t9?,10?,12-,13?/m0/s1. The average molecular weight is 283 g/mol. The number of allylic oxidation sites excluding steroid dienone is 2. The van der Waals surface area contributed by atoms with Crippen molar-refractivity contribution in [2.24, 2.45) is 23.7 Å². The molecule has 21 heavy (non-hydrogen) atoms. The van der Waals surface area contributed by atoms with E-state index in [2.05, 4.69) is 0 Å². The lowest BCUT2D eigenvalue weighted by atomic mass is 9.85. The highest BCUT2D eigenvalue weighted by Gasteiger charge is 2.60. The average Bonchev–Trinajstić information content (AvgIpc) is 3.13. The number of phenolic OH excluding ortho intramolecular Hbond substituents is 1. The van der Waals surface area contributed by atoms with Gasteiger partial charge in [0.15, 0.2) is 0 Å². The summed E-state index contributed by atoms with van der Waals surface area (Å²) in [4.78, 5) is 38.2. The van der Waals surface area contributed by atoms with Gasteiger partial charge in [0.1, 0.15) is 5.75 Å². The van der Waals surface area contributed by atoms with Crippen LogP contribution in [-0.4, -0.2) is 27.7 Å². The normalized spacial score (nSPS) is 32.9. The SMILES string of the molecule is O=C(c1ccc(O)cc1)N1C(=O)C2C3C=CC(C3)[C@@H]2C1=O. The van der Waals surface area contributed by atoms with Crippen molar-refractivity contribution < 1.29 is 19.5 Å². The number of fused-ring (bicyclic) bond motifs is 5. The number of carbonyl (C=O) groups excluding carboxylic acids is 3. The third kappa shape index (κ3) is 1.54. The lowest BCUT2D eigenvalue weighted by molar-refractivity contribution is -0.137. The molecule has 106 valence electrons. The van der Waals surface area contributed by atoms with Gasteiger partial charge in [-0.1, -0.05) is 12.2 Å². The third-order valence-electron chi connectivity index (χ3n) is 4.79. The predicted octanol–water partition coefficient (Wildman–Crippen LogP) is 1.34. The summed E-state index contributed by atoms with van der Waals surface area (Å²) in [5.41, 5.74) is 0.231. The molecule has 0 spiro atoms. The number of hydrogen-bond donors (Lipinski definition) is 1. The van der Waals surface area contributed by atoms with Gasteiger partial charge in [0, 0.05) is 5.56 Å². The van der Waals surface area contributed by atoms with Crippen LogP contribution in [0.15, 0.2) is 36.4 Å². The van der Waals surface area contributed by atoms with E-state index in [1.54, 1.807) is 0 Å². The number of carbonyl (C=O) groups is 3. The summed E-state index contributed by atoms with van der Waals surface area (Å²) >= 11 is 0. The summed E-state index contributed by atoms with van der Waals surface area (Å²) in [6.07, 6.45) is 4.82. The van der Waals surface area contributed by atoms with Crippen LogP contribution in [0.2, 0.25) is 0 Å². The smallest absolute Gasteiger partial charge is 0.267 e. The van der Waals surface area contributed by atoms with Crippen LogP contribution in [-0.2, 0) is 9.59 Å². The molecule has 2 aliphatic carbocycles. The Balaban J connectivity index is 1.68. The molecule has 2 bridgehead atoms. The summed E-state index contributed by atoms with van der Waals surface area (Å²) in [5, 5.41) is 9.25. The van der Waals surface area contributed by atoms with E-state index in [0.29, 0.717) is 0 Å². The first kappa shape index (κ1) is 12.3. The van der Waals surface area contributed by atoms with Gasteiger partial charge in [-0.2, -0.15) is 0 Å². The van der Waals surface area contributed by atoms with Crippen LogP contribution in [0.3, 0.4) is 0 Å². The Morgan fingerprint density at radius 3 is 2.05 bits per heavy atom. The highest BCUT2D eigenvalue weighted by molar-refractivity contribution is 6.21. The minimum absolute atomic E-state index is 0.0322. The molecule has 1 aliphatic heterocycles. The first-order valence-corrected chi connectivity index (χ1v) is 6.97. The van der Waals surface area contributed by atoms with E-state index in [0.717, 1.165) is 11.3 Å². The summed E-state index contributed by atoms with van der Waals surface area (Å²) in [6, 6.07) is 5.56. The van der Waals surface area contributed by atoms with Gasteiger partial charge in [0.25, 0.3) is 5.91 Å². The molecule has 3 aliphatic rings. The fraction of sp³-hybridized carbons (Fsp3) is 0.312. The second kappa shape index (κ2) is 4.04. The maximum absolute atomic E-state index is 12.5. The molecular weight excluding hydrogens is 270 g/mol. The zero-order chi connectivity index (χ0) is 14.7. The van der Waals surface area contributed by atoms with Gasteiger partial charge < -0.3 is 5.11 Å². The van der Waals surface area contributed by atoms with Crippen molar-refractivity contribution in [3.8, 4) is 5.75 Å². The summed E-state index contributed by atoms with van der Waals surface area (Å²) in [6.45, 7) is 0. The Morgan fingerprint density at radius 1 is 1.00 bits per heavy atom. The monoisotopic (exact) mass is 283 g/mol. The number of likely N-dealkylation sites (tertiary alicyclic amines) is 1. The van der Waals surface area contributed by atoms with Crippen LogP contribution < -0.4 is 0 Å². The van der Waals surface area contributed by atoms with E-state index in [9.17, 15) is 19.5 Å². The predicted molar refractivity (Wildman–Crippen MR) is 72.0 cm³/mol. The molecule has 0 aromatic heterocycles. The van der Waals surface area contributed by atoms with Crippen molar-refractivity contribution >= 4 is 17.7 Å². The molecule has 1 N–H and O–H groups in total. The van der Waals surface area contributed by atoms with E-state index < -0.39 is 5.91 Å². The number of hydrogen-bond acceptors (Lipinski definition) is 4. The van der Waals surface area contributed by atoms with Crippen LogP contribution in [0.4, 0.5) is 0 Å². The topological polar surface area (TPSA) is 74.7 Å². The zero-order valence-corrected chi connectivity index (χ0v) is 11.1. The van der Waals surface area contributed by atoms with Crippen LogP contribution in [0, 0.1) is 23.7 Å². The van der Waals surface area contributed by atoms with Gasteiger partial charge in [-0.25, -0.2) is 4.90 Å². The number of imide groups is 3. The number of phenols is 1. The Morgan fingerprint density at radius 2 is 1.52 bits per heavy atom. The van der Waals surface area contributed by atoms with Crippen molar-refractivity contribution in [2.45, 2.75) is 6.42 Å². The number of amides is 3. The third-order valence-corrected chi connectivity index (χ3v) is 4.79. The molecule has 4 atom stereocenters. The molecule has 3 amide bonds. The van der Waals surface area contributed by atoms with Crippen LogP contribution in [0.1, 0.15) is 16.8 Å². The molecule has 4 rings (SSSR count). The van der Waals surface area contributed by atoms with Crippen molar-refractivity contribution in [1.82, 2.24) is 4.90 Å². The molecule has 1 saturated carbocycles. The maximum Gasteiger partial charge on any atom is 0.267 e. The van der Waals surface area contributed by atoms with E-state index in [1.165, 1.54) is 24.3 Å². The van der Waals surface area contributed by atoms with Gasteiger partial charge in [0.05, 0.1) is 11.8 Å². The second-order valence-electron chi connectivity index (χ2n) is 5.86. The Labute approximate surface area is 120 Å². The van der Waals surface area contributed by atoms with Gasteiger partial charge in [-0.15, -0.1) is 0 Å². The molecule has 0 radical (unpaired) electrons. The molecule has 5 nitrogen and oxygen atoms in total. The van der Waals surface area contributed by atoms with E-state index in [1.807, 2.05) is 12.2 Å². The molecule has 2 fully saturated rings. The number of aromatic hydroxyl groups is 1. The quantitative estimate of drug-likeness (QED) is 0.623. The minimum Gasteiger partial charge on any atom is -0.508 e. The van der Waals surface area contributed by atoms with Crippen LogP contribution >= 0.6 is 0 Å². The first-order valence-electron chi connectivity index (χ1n) is 6.97. The number of rotatable bonds is 1. The number of benzene rings is 1. The molecule has 1 heterocycles. The second-order valence-corrected chi connectivity index (χ2v) is 5.86. The highest BCUT2D eigenvalue weighted by Crippen LogP contribution is 2.52. The molecule has 5 heteroatoms. The Hall–Kier alpha value is -2.43. The highest BCUT2D eigenvalue weighted by atomic mass is 16.3. The van der Waals surface area contributed by atoms with Gasteiger partial charge >= 0.3 is 0 Å². The first-order chi connectivity index (χ1) is 10.1. The lowest BCUT2D eigenvalue weighted by Gasteiger charge is -2.15. The number of nitrogens with zero attached hydrogens (tertiary/aromatic N) is 1. The Kier molecular flexibility index (Phi) is 2.37. The Bertz CT molecular complexity index is 661.